The Balaban J connectivity index is 2.36. The van der Waals surface area contributed by atoms with Crippen LogP contribution in [0.15, 0.2) is 29.3 Å². The van der Waals surface area contributed by atoms with E-state index >= 15 is 0 Å². The van der Waals surface area contributed by atoms with E-state index in [-0.39, 0.29) is 108 Å². The van der Waals surface area contributed by atoms with Crippen molar-refractivity contribution >= 4 is 70.7 Å². The standard InChI is InChI=1S/C52H94N22O10/c1-32(67-46(79)38(18-24-58)69-44(77)34(59)12-8-22-56)43(76)65-30-42(75)68-39(15-9-23-57)51(84)74-27-11-17-41(74)50(83)73-40(28-33-29-62-31-66-33)49(82)72-36(14-3-5-20-54)47(80)71-37(16-10-26-64-52(60)61)48(81)70-35(13-2-4-19-53)45(78)63-25-7-6-21-55/h16,29,31-32,34-36,38,40-41H,2-15,17-28,30,53-59H2,1H3,(H,62,66)(H,63,78)(H,65,76)(H,67,79)(H,69,77)(H,70,81)(H,71,80)(H,72,82)(H,73,83)(H4,60,61,64)/b37-16-,68-39+/t32-,34-,35-,36-,38-,40-,41-/m0/s1. The third-order valence-electron chi connectivity index (χ3n) is 13.3. The van der Waals surface area contributed by atoms with Gasteiger partial charge in [-0.25, -0.2) is 9.98 Å². The van der Waals surface area contributed by atoms with Crippen molar-refractivity contribution in [3.63, 3.8) is 0 Å². The number of carbonyl (C=O) groups excluding carboxylic acids is 10. The number of aromatic nitrogens is 2. The van der Waals surface area contributed by atoms with Gasteiger partial charge < -0.3 is 104 Å². The van der Waals surface area contributed by atoms with Crippen molar-refractivity contribution in [2.45, 2.75) is 158 Å². The van der Waals surface area contributed by atoms with Crippen LogP contribution in [0.2, 0.25) is 0 Å². The number of rotatable bonds is 42. The monoisotopic (exact) mass is 1190 g/mol. The number of aromatic amines is 1. The van der Waals surface area contributed by atoms with Gasteiger partial charge in [-0.05, 0) is 149 Å². The first kappa shape index (κ1) is 72.6. The van der Waals surface area contributed by atoms with E-state index in [1.165, 1.54) is 30.4 Å². The molecule has 2 heterocycles. The zero-order valence-corrected chi connectivity index (χ0v) is 48.4. The minimum atomic E-state index is -1.38. The van der Waals surface area contributed by atoms with E-state index in [2.05, 4.69) is 62.8 Å². The molecule has 32 nitrogen and oxygen atoms in total. The molecular formula is C52H94N22O10. The van der Waals surface area contributed by atoms with Crippen LogP contribution in [-0.4, -0.2) is 193 Å². The third kappa shape index (κ3) is 27.7. The van der Waals surface area contributed by atoms with Gasteiger partial charge in [-0.1, -0.05) is 6.08 Å². The van der Waals surface area contributed by atoms with Crippen molar-refractivity contribution in [3.05, 3.63) is 30.0 Å². The predicted octanol–water partition coefficient (Wildman–Crippen LogP) is -6.39. The van der Waals surface area contributed by atoms with E-state index in [4.69, 9.17) is 51.3 Å². The minimum absolute atomic E-state index is 0.0233. The smallest absolute Gasteiger partial charge is 0.269 e. The van der Waals surface area contributed by atoms with Crippen LogP contribution in [0.3, 0.4) is 0 Å². The van der Waals surface area contributed by atoms with Crippen LogP contribution in [0, 0.1) is 5.41 Å². The van der Waals surface area contributed by atoms with Gasteiger partial charge in [0, 0.05) is 37.9 Å². The van der Waals surface area contributed by atoms with E-state index in [9.17, 15) is 47.9 Å². The number of unbranched alkanes of at least 4 members (excludes halogenated alkanes) is 3. The molecule has 1 aromatic heterocycles. The molecule has 0 unspecified atom stereocenters. The van der Waals surface area contributed by atoms with Crippen LogP contribution >= 0.6 is 0 Å². The number of nitrogens with two attached hydrogens (primary N) is 8. The molecular weight excluding hydrogens is 1090 g/mol. The van der Waals surface area contributed by atoms with Crippen molar-refractivity contribution < 1.29 is 47.9 Å². The van der Waals surface area contributed by atoms with Gasteiger partial charge in [-0.15, -0.1) is 0 Å². The van der Waals surface area contributed by atoms with Crippen LogP contribution in [0.4, 0.5) is 0 Å². The molecule has 1 aliphatic rings. The van der Waals surface area contributed by atoms with Crippen molar-refractivity contribution in [1.29, 1.82) is 5.41 Å². The molecule has 27 N–H and O–H groups in total. The number of guanidine groups is 1. The van der Waals surface area contributed by atoms with Gasteiger partial charge in [0.1, 0.15) is 47.7 Å². The molecule has 32 heteroatoms. The summed E-state index contributed by atoms with van der Waals surface area (Å²) < 4.78 is 0. The SMILES string of the molecule is C[C@H](NC(=O)[C@H](CCN)NC(=O)[C@@H](N)CCCN)C(=O)NCC(=O)/N=C(\CCCN)C(=O)N1CCC[C@H]1C(=O)N[C@@H](Cc1cnc[nH]1)C(=O)N[C@@H](CCCCN)C(=O)N/C(=C\CCNC(=N)N)C(=O)N[C@@H](CCCCN)C(=O)NCCCCN. The third-order valence-corrected chi connectivity index (χ3v) is 13.3. The highest BCUT2D eigenvalue weighted by molar-refractivity contribution is 6.40. The molecule has 2 rings (SSSR count). The maximum Gasteiger partial charge on any atom is 0.269 e. The van der Waals surface area contributed by atoms with Crippen molar-refractivity contribution in [1.82, 2.24) is 62.7 Å². The molecule has 0 radical (unpaired) electrons. The molecule has 0 saturated carbocycles. The number of aliphatic imine (C=N–C) groups is 1. The van der Waals surface area contributed by atoms with E-state index in [1.54, 1.807) is 0 Å². The Morgan fingerprint density at radius 3 is 1.92 bits per heavy atom. The normalized spacial score (nSPS) is 15.5. The summed E-state index contributed by atoms with van der Waals surface area (Å²) >= 11 is 0. The molecule has 1 aromatic rings. The topological polar surface area (TPSA) is 555 Å². The molecule has 0 spiro atoms. The average molecular weight is 1190 g/mol. The first-order valence-corrected chi connectivity index (χ1v) is 28.8. The lowest BCUT2D eigenvalue weighted by molar-refractivity contribution is -0.136. The number of carbonyl (C=O) groups is 10. The van der Waals surface area contributed by atoms with E-state index < -0.39 is 108 Å². The summed E-state index contributed by atoms with van der Waals surface area (Å²) in [5.74, 6) is -7.78. The van der Waals surface area contributed by atoms with Gasteiger partial charge in [0.25, 0.3) is 17.7 Å². The van der Waals surface area contributed by atoms with E-state index in [0.29, 0.717) is 83.2 Å². The molecule has 472 valence electrons. The molecule has 7 atom stereocenters. The van der Waals surface area contributed by atoms with Gasteiger partial charge in [-0.3, -0.25) is 53.4 Å². The first-order valence-electron chi connectivity index (χ1n) is 28.8. The number of hydrogen-bond donors (Lipinski definition) is 19. The summed E-state index contributed by atoms with van der Waals surface area (Å²) in [6, 6.07) is -8.11. The maximum absolute atomic E-state index is 14.5. The molecule has 0 aliphatic carbocycles. The lowest BCUT2D eigenvalue weighted by Crippen LogP contribution is -2.57. The van der Waals surface area contributed by atoms with Crippen LogP contribution < -0.4 is 93.7 Å². The van der Waals surface area contributed by atoms with Gasteiger partial charge in [0.05, 0.1) is 18.9 Å². The van der Waals surface area contributed by atoms with Crippen LogP contribution in [0.5, 0.6) is 0 Å². The highest BCUT2D eigenvalue weighted by Crippen LogP contribution is 2.20. The second-order valence-electron chi connectivity index (χ2n) is 20.1. The lowest BCUT2D eigenvalue weighted by atomic mass is 10.1. The Morgan fingerprint density at radius 2 is 1.30 bits per heavy atom. The Kier molecular flexibility index (Phi) is 35.9. The summed E-state index contributed by atoms with van der Waals surface area (Å²) in [6.45, 7) is 2.64. The summed E-state index contributed by atoms with van der Waals surface area (Å²) in [7, 11) is 0. The molecule has 0 bridgehead atoms. The second kappa shape index (κ2) is 41.5. The fraction of sp³-hybridized carbons (Fsp3) is 0.673. The number of H-pyrrole nitrogens is 1. The fourth-order valence-electron chi connectivity index (χ4n) is 8.57. The van der Waals surface area contributed by atoms with Crippen LogP contribution in [-0.2, 0) is 54.4 Å². The quantitative estimate of drug-likeness (QED) is 0.0125. The Bertz CT molecular complexity index is 2340. The zero-order chi connectivity index (χ0) is 62.4. The molecule has 10 amide bonds. The molecule has 1 saturated heterocycles. The average Bonchev–Trinajstić information content (AvgIpc) is 4.41. The summed E-state index contributed by atoms with van der Waals surface area (Å²) in [5.41, 5.74) is 45.4. The highest BCUT2D eigenvalue weighted by atomic mass is 16.2. The number of nitrogens with zero attached hydrogens (tertiary/aromatic N) is 3. The van der Waals surface area contributed by atoms with Crippen molar-refractivity contribution in [3.8, 4) is 0 Å². The summed E-state index contributed by atoms with van der Waals surface area (Å²) in [6.07, 6.45) is 8.98. The zero-order valence-electron chi connectivity index (χ0n) is 48.4. The van der Waals surface area contributed by atoms with Crippen molar-refractivity contribution in [2.24, 2.45) is 50.9 Å². The lowest BCUT2D eigenvalue weighted by Gasteiger charge is -2.28. The van der Waals surface area contributed by atoms with Crippen LogP contribution in [0.1, 0.15) is 115 Å². The Hall–Kier alpha value is -7.49. The first-order chi connectivity index (χ1) is 40.2. The van der Waals surface area contributed by atoms with E-state index in [1.807, 2.05) is 0 Å². The van der Waals surface area contributed by atoms with Crippen molar-refractivity contribution in [2.75, 3.05) is 65.4 Å². The number of likely N-dealkylation sites (tertiary alicyclic amines) is 1. The number of amides is 10. The van der Waals surface area contributed by atoms with Gasteiger partial charge in [0.2, 0.25) is 41.4 Å². The fourth-order valence-corrected chi connectivity index (χ4v) is 8.57. The highest BCUT2D eigenvalue weighted by Gasteiger charge is 2.39. The van der Waals surface area contributed by atoms with E-state index in [0.717, 1.165) is 0 Å². The minimum Gasteiger partial charge on any atom is -0.370 e. The second-order valence-corrected chi connectivity index (χ2v) is 20.1. The number of hydrogen-bond acceptors (Lipinski definition) is 19. The van der Waals surface area contributed by atoms with Crippen LogP contribution in [0.25, 0.3) is 0 Å². The Labute approximate surface area is 490 Å². The molecule has 84 heavy (non-hydrogen) atoms. The largest absolute Gasteiger partial charge is 0.370 e. The number of nitrogens with one attached hydrogen (secondary N) is 11. The van der Waals surface area contributed by atoms with Gasteiger partial charge in [0.15, 0.2) is 5.96 Å². The van der Waals surface area contributed by atoms with Gasteiger partial charge in [-0.2, -0.15) is 0 Å². The molecule has 1 aliphatic heterocycles. The van der Waals surface area contributed by atoms with Gasteiger partial charge >= 0.3 is 0 Å². The molecule has 1 fully saturated rings. The summed E-state index contributed by atoms with van der Waals surface area (Å²) in [5, 5.41) is 31.2. The Morgan fingerprint density at radius 1 is 0.679 bits per heavy atom. The molecule has 0 aromatic carbocycles. The number of imidazole rings is 1. The predicted molar refractivity (Wildman–Crippen MR) is 314 cm³/mol. The summed E-state index contributed by atoms with van der Waals surface area (Å²) in [4.78, 5) is 149. The maximum atomic E-state index is 14.5.